The fourth-order valence-electron chi connectivity index (χ4n) is 3.32. The lowest BCUT2D eigenvalue weighted by Crippen LogP contribution is -2.19. The van der Waals surface area contributed by atoms with Crippen LogP contribution in [0.3, 0.4) is 0 Å². The number of hydrogen-bond donors (Lipinski definition) is 2. The van der Waals surface area contributed by atoms with Gasteiger partial charge in [-0.1, -0.05) is 54.1 Å². The molecule has 1 atom stereocenters. The molecule has 0 radical (unpaired) electrons. The molecule has 0 aliphatic rings. The molecule has 0 saturated heterocycles. The highest BCUT2D eigenvalue weighted by atomic mass is 32.2. The van der Waals surface area contributed by atoms with Crippen LogP contribution in [0.5, 0.6) is 0 Å². The molecule has 1 unspecified atom stereocenters. The van der Waals surface area contributed by atoms with Crippen LogP contribution < -0.4 is 10.6 Å². The molecule has 5 nitrogen and oxygen atoms in total. The minimum Gasteiger partial charge on any atom is -0.325 e. The van der Waals surface area contributed by atoms with Crippen LogP contribution in [0.4, 0.5) is 11.4 Å². The maximum Gasteiger partial charge on any atom is 0.255 e. The van der Waals surface area contributed by atoms with Crippen molar-refractivity contribution in [2.24, 2.45) is 0 Å². The molecule has 6 heteroatoms. The number of rotatable bonds is 7. The minimum absolute atomic E-state index is 0.133. The number of nitrogens with zero attached hydrogens (tertiary/aromatic N) is 1. The number of nitrogens with one attached hydrogen (secondary N) is 2. The molecule has 1 heterocycles. The fraction of sp³-hybridized carbons (Fsp3) is 0.0741. The standard InChI is InChI=1S/C27H23N3O2S/c1-19-7-5-10-21(17-19)26(31)30-23-11-6-12-24(18-23)33-25(20-8-3-2-4-9-20)27(32)29-22-13-15-28-16-14-22/h2-18,25H,1H3,(H,30,31)(H,28,29,32). The van der Waals surface area contributed by atoms with Gasteiger partial charge in [0.15, 0.2) is 0 Å². The Balaban J connectivity index is 1.54. The summed E-state index contributed by atoms with van der Waals surface area (Å²) in [5, 5.41) is 5.44. The van der Waals surface area contributed by atoms with Crippen LogP contribution in [0.25, 0.3) is 0 Å². The van der Waals surface area contributed by atoms with Gasteiger partial charge in [-0.3, -0.25) is 14.6 Å². The molecule has 0 saturated carbocycles. The van der Waals surface area contributed by atoms with Crippen molar-refractivity contribution < 1.29 is 9.59 Å². The highest BCUT2D eigenvalue weighted by molar-refractivity contribution is 8.00. The predicted octanol–water partition coefficient (Wildman–Crippen LogP) is 6.11. The summed E-state index contributed by atoms with van der Waals surface area (Å²) >= 11 is 1.43. The molecular weight excluding hydrogens is 430 g/mol. The number of carbonyl (C=O) groups is 2. The summed E-state index contributed by atoms with van der Waals surface area (Å²) in [6.07, 6.45) is 3.28. The molecule has 33 heavy (non-hydrogen) atoms. The van der Waals surface area contributed by atoms with E-state index in [0.29, 0.717) is 16.9 Å². The van der Waals surface area contributed by atoms with E-state index in [1.807, 2.05) is 79.7 Å². The zero-order valence-corrected chi connectivity index (χ0v) is 18.9. The molecule has 2 amide bonds. The minimum atomic E-state index is -0.470. The Hall–Kier alpha value is -3.90. The average Bonchev–Trinajstić information content (AvgIpc) is 2.84. The van der Waals surface area contributed by atoms with Crippen molar-refractivity contribution >= 4 is 35.0 Å². The average molecular weight is 454 g/mol. The van der Waals surface area contributed by atoms with Gasteiger partial charge in [-0.15, -0.1) is 11.8 Å². The third-order valence-corrected chi connectivity index (χ3v) is 6.16. The normalized spacial score (nSPS) is 11.4. The van der Waals surface area contributed by atoms with E-state index in [-0.39, 0.29) is 11.8 Å². The molecule has 2 N–H and O–H groups in total. The van der Waals surface area contributed by atoms with Gasteiger partial charge in [0.1, 0.15) is 5.25 Å². The van der Waals surface area contributed by atoms with Gasteiger partial charge in [0.05, 0.1) is 0 Å². The summed E-state index contributed by atoms with van der Waals surface area (Å²) in [5.41, 5.74) is 3.89. The van der Waals surface area contributed by atoms with E-state index in [9.17, 15) is 9.59 Å². The molecule has 3 aromatic carbocycles. The Morgan fingerprint density at radius 1 is 0.788 bits per heavy atom. The number of carbonyl (C=O) groups excluding carboxylic acids is 2. The number of anilines is 2. The summed E-state index contributed by atoms with van der Waals surface area (Å²) in [6.45, 7) is 1.95. The lowest BCUT2D eigenvalue weighted by atomic mass is 10.1. The van der Waals surface area contributed by atoms with Crippen LogP contribution in [0.1, 0.15) is 26.7 Å². The number of hydrogen-bond acceptors (Lipinski definition) is 4. The SMILES string of the molecule is Cc1cccc(C(=O)Nc2cccc(SC(C(=O)Nc3ccncc3)c3ccccc3)c2)c1. The number of benzene rings is 3. The Morgan fingerprint density at radius 2 is 1.55 bits per heavy atom. The van der Waals surface area contributed by atoms with Crippen molar-refractivity contribution in [3.63, 3.8) is 0 Å². The van der Waals surface area contributed by atoms with Gasteiger partial charge >= 0.3 is 0 Å². The second-order valence-electron chi connectivity index (χ2n) is 7.49. The Kier molecular flexibility index (Phi) is 7.17. The van der Waals surface area contributed by atoms with Crippen molar-refractivity contribution in [2.45, 2.75) is 17.1 Å². The van der Waals surface area contributed by atoms with E-state index in [2.05, 4.69) is 15.6 Å². The molecule has 0 aliphatic carbocycles. The number of amides is 2. The summed E-state index contributed by atoms with van der Waals surface area (Å²) < 4.78 is 0. The molecule has 1 aromatic heterocycles. The Morgan fingerprint density at radius 3 is 2.30 bits per heavy atom. The van der Waals surface area contributed by atoms with Crippen LogP contribution in [0.15, 0.2) is 108 Å². The van der Waals surface area contributed by atoms with Crippen LogP contribution in [-0.2, 0) is 4.79 Å². The molecule has 0 aliphatic heterocycles. The fourth-order valence-corrected chi connectivity index (χ4v) is 4.40. The van der Waals surface area contributed by atoms with Gasteiger partial charge in [-0.25, -0.2) is 0 Å². The summed E-state index contributed by atoms with van der Waals surface area (Å²) in [6, 6.07) is 28.1. The van der Waals surface area contributed by atoms with Crippen LogP contribution >= 0.6 is 11.8 Å². The third-order valence-electron chi connectivity index (χ3n) is 4.91. The zero-order chi connectivity index (χ0) is 23.0. The van der Waals surface area contributed by atoms with Crippen LogP contribution in [-0.4, -0.2) is 16.8 Å². The molecule has 164 valence electrons. The number of pyridine rings is 1. The van der Waals surface area contributed by atoms with Crippen LogP contribution in [0.2, 0.25) is 0 Å². The van der Waals surface area contributed by atoms with E-state index >= 15 is 0 Å². The first-order valence-electron chi connectivity index (χ1n) is 10.5. The van der Waals surface area contributed by atoms with E-state index in [1.165, 1.54) is 11.8 Å². The van der Waals surface area contributed by atoms with Gasteiger partial charge in [-0.2, -0.15) is 0 Å². The molecule has 0 spiro atoms. The lowest BCUT2D eigenvalue weighted by Gasteiger charge is -2.17. The highest BCUT2D eigenvalue weighted by Gasteiger charge is 2.22. The smallest absolute Gasteiger partial charge is 0.255 e. The first-order valence-corrected chi connectivity index (χ1v) is 11.4. The van der Waals surface area contributed by atoms with Gasteiger partial charge in [0.2, 0.25) is 5.91 Å². The maximum absolute atomic E-state index is 13.2. The second kappa shape index (κ2) is 10.6. The number of thioether (sulfide) groups is 1. The summed E-state index contributed by atoms with van der Waals surface area (Å²) in [5.74, 6) is -0.303. The summed E-state index contributed by atoms with van der Waals surface area (Å²) in [7, 11) is 0. The van der Waals surface area contributed by atoms with Crippen molar-refractivity contribution in [3.8, 4) is 0 Å². The number of aryl methyl sites for hydroxylation is 1. The Labute approximate surface area is 197 Å². The zero-order valence-electron chi connectivity index (χ0n) is 18.1. The molecule has 4 rings (SSSR count). The lowest BCUT2D eigenvalue weighted by molar-refractivity contribution is -0.115. The topological polar surface area (TPSA) is 71.1 Å². The third kappa shape index (κ3) is 6.08. The summed E-state index contributed by atoms with van der Waals surface area (Å²) in [4.78, 5) is 30.7. The van der Waals surface area contributed by atoms with Gasteiger partial charge in [0, 0.05) is 34.2 Å². The van der Waals surface area contributed by atoms with E-state index in [1.54, 1.807) is 30.6 Å². The van der Waals surface area contributed by atoms with E-state index < -0.39 is 5.25 Å². The molecular formula is C27H23N3O2S. The maximum atomic E-state index is 13.2. The first kappa shape index (κ1) is 22.3. The first-order chi connectivity index (χ1) is 16.1. The van der Waals surface area contributed by atoms with Gasteiger partial charge in [-0.05, 0) is 55.0 Å². The Bertz CT molecular complexity index is 1250. The predicted molar refractivity (Wildman–Crippen MR) is 133 cm³/mol. The van der Waals surface area contributed by atoms with Crippen molar-refractivity contribution in [1.82, 2.24) is 4.98 Å². The second-order valence-corrected chi connectivity index (χ2v) is 8.66. The molecule has 4 aromatic rings. The van der Waals surface area contributed by atoms with Crippen molar-refractivity contribution in [3.05, 3.63) is 120 Å². The monoisotopic (exact) mass is 453 g/mol. The van der Waals surface area contributed by atoms with Gasteiger partial charge in [0.25, 0.3) is 5.91 Å². The molecule has 0 fully saturated rings. The van der Waals surface area contributed by atoms with E-state index in [0.717, 1.165) is 16.0 Å². The van der Waals surface area contributed by atoms with Crippen molar-refractivity contribution in [1.29, 1.82) is 0 Å². The highest BCUT2D eigenvalue weighted by Crippen LogP contribution is 2.37. The number of aromatic nitrogens is 1. The van der Waals surface area contributed by atoms with Gasteiger partial charge < -0.3 is 10.6 Å². The largest absolute Gasteiger partial charge is 0.325 e. The van der Waals surface area contributed by atoms with Crippen molar-refractivity contribution in [2.75, 3.05) is 10.6 Å². The molecule has 0 bridgehead atoms. The quantitative estimate of drug-likeness (QED) is 0.331. The van der Waals surface area contributed by atoms with E-state index in [4.69, 9.17) is 0 Å². The van der Waals surface area contributed by atoms with Crippen LogP contribution in [0, 0.1) is 6.92 Å².